The van der Waals surface area contributed by atoms with E-state index in [-0.39, 0.29) is 11.3 Å². The van der Waals surface area contributed by atoms with Gasteiger partial charge in [-0.25, -0.2) is 0 Å². The van der Waals surface area contributed by atoms with Gasteiger partial charge < -0.3 is 10.6 Å². The molecular weight excluding hydrogens is 252 g/mol. The van der Waals surface area contributed by atoms with Crippen molar-refractivity contribution in [2.24, 2.45) is 5.41 Å². The summed E-state index contributed by atoms with van der Waals surface area (Å²) in [6, 6.07) is 1.93. The molecule has 112 valence electrons. The van der Waals surface area contributed by atoms with E-state index in [0.29, 0.717) is 11.7 Å². The molecule has 0 radical (unpaired) electrons. The van der Waals surface area contributed by atoms with Gasteiger partial charge >= 0.3 is 0 Å². The highest BCUT2D eigenvalue weighted by Gasteiger charge is 2.38. The Morgan fingerprint density at radius 1 is 1.45 bits per heavy atom. The van der Waals surface area contributed by atoms with E-state index in [1.165, 1.54) is 0 Å². The molecule has 3 N–H and O–H groups in total. The van der Waals surface area contributed by atoms with E-state index in [2.05, 4.69) is 41.6 Å². The minimum Gasteiger partial charge on any atom is -0.317 e. The monoisotopic (exact) mass is 278 g/mol. The van der Waals surface area contributed by atoms with Gasteiger partial charge in [0.2, 0.25) is 5.91 Å². The lowest BCUT2D eigenvalue weighted by Gasteiger charge is -2.35. The highest BCUT2D eigenvalue weighted by atomic mass is 16.2. The quantitative estimate of drug-likeness (QED) is 0.775. The first-order valence-electron chi connectivity index (χ1n) is 7.65. The summed E-state index contributed by atoms with van der Waals surface area (Å²) in [6.07, 6.45) is 3.80. The van der Waals surface area contributed by atoms with E-state index >= 15 is 0 Å². The van der Waals surface area contributed by atoms with Crippen molar-refractivity contribution in [1.29, 1.82) is 0 Å². The Kier molecular flexibility index (Phi) is 4.81. The topological polar surface area (TPSA) is 69.8 Å². The molecular formula is C15H26N4O. The van der Waals surface area contributed by atoms with Crippen molar-refractivity contribution in [3.05, 3.63) is 11.8 Å². The summed E-state index contributed by atoms with van der Waals surface area (Å²) in [4.78, 5) is 12.7. The Hall–Kier alpha value is -1.36. The Balaban J connectivity index is 2.07. The fraction of sp³-hybridized carbons (Fsp3) is 0.733. The lowest BCUT2D eigenvalue weighted by molar-refractivity contribution is -0.127. The highest BCUT2D eigenvalue weighted by molar-refractivity contribution is 5.94. The van der Waals surface area contributed by atoms with Crippen molar-refractivity contribution in [3.63, 3.8) is 0 Å². The first kappa shape index (κ1) is 15.0. The molecule has 2 heterocycles. The highest BCUT2D eigenvalue weighted by Crippen LogP contribution is 2.35. The molecule has 20 heavy (non-hydrogen) atoms. The number of aromatic amines is 1. The Bertz CT molecular complexity index is 441. The number of nitrogens with zero attached hydrogens (tertiary/aromatic N) is 1. The molecule has 2 rings (SSSR count). The molecule has 0 aliphatic carbocycles. The maximum atomic E-state index is 12.7. The SMILES string of the molecule is CCCC1(C(=O)Nc2cc(C(C)C)[nH]n2)CCNCC1. The molecule has 1 fully saturated rings. The lowest BCUT2D eigenvalue weighted by atomic mass is 9.74. The summed E-state index contributed by atoms with van der Waals surface area (Å²) < 4.78 is 0. The molecule has 1 aliphatic rings. The number of anilines is 1. The Morgan fingerprint density at radius 2 is 2.15 bits per heavy atom. The van der Waals surface area contributed by atoms with Crippen LogP contribution in [0.4, 0.5) is 5.82 Å². The predicted molar refractivity (Wildman–Crippen MR) is 80.8 cm³/mol. The van der Waals surface area contributed by atoms with Crippen LogP contribution in [0.25, 0.3) is 0 Å². The number of carbonyl (C=O) groups is 1. The molecule has 1 saturated heterocycles. The normalized spacial score (nSPS) is 18.2. The zero-order valence-corrected chi connectivity index (χ0v) is 12.8. The van der Waals surface area contributed by atoms with Crippen LogP contribution in [0, 0.1) is 5.41 Å². The third-order valence-electron chi connectivity index (χ3n) is 4.23. The van der Waals surface area contributed by atoms with E-state index < -0.39 is 0 Å². The molecule has 1 aliphatic heterocycles. The third-order valence-corrected chi connectivity index (χ3v) is 4.23. The largest absolute Gasteiger partial charge is 0.317 e. The van der Waals surface area contributed by atoms with Crippen LogP contribution >= 0.6 is 0 Å². The number of carbonyl (C=O) groups excluding carboxylic acids is 1. The minimum absolute atomic E-state index is 0.127. The molecule has 0 unspecified atom stereocenters. The van der Waals surface area contributed by atoms with Crippen LogP contribution in [0.3, 0.4) is 0 Å². The summed E-state index contributed by atoms with van der Waals surface area (Å²) in [5.74, 6) is 1.16. The molecule has 1 amide bonds. The van der Waals surface area contributed by atoms with E-state index in [1.807, 2.05) is 6.07 Å². The summed E-state index contributed by atoms with van der Waals surface area (Å²) in [5, 5.41) is 13.5. The lowest BCUT2D eigenvalue weighted by Crippen LogP contribution is -2.44. The smallest absolute Gasteiger partial charge is 0.231 e. The predicted octanol–water partition coefficient (Wildman–Crippen LogP) is 2.64. The van der Waals surface area contributed by atoms with Crippen molar-refractivity contribution in [2.75, 3.05) is 18.4 Å². The van der Waals surface area contributed by atoms with Gasteiger partial charge in [-0.3, -0.25) is 9.89 Å². The van der Waals surface area contributed by atoms with Gasteiger partial charge in [-0.1, -0.05) is 27.2 Å². The number of nitrogens with one attached hydrogen (secondary N) is 3. The Morgan fingerprint density at radius 3 is 2.70 bits per heavy atom. The van der Waals surface area contributed by atoms with E-state index in [1.54, 1.807) is 0 Å². The average Bonchev–Trinajstić information content (AvgIpc) is 2.89. The summed E-state index contributed by atoms with van der Waals surface area (Å²) >= 11 is 0. The zero-order chi connectivity index (χ0) is 14.6. The van der Waals surface area contributed by atoms with Gasteiger partial charge in [0.25, 0.3) is 0 Å². The number of hydrogen-bond acceptors (Lipinski definition) is 3. The fourth-order valence-corrected chi connectivity index (χ4v) is 2.92. The Labute approximate surface area is 120 Å². The van der Waals surface area contributed by atoms with Crippen LogP contribution in [0.5, 0.6) is 0 Å². The van der Waals surface area contributed by atoms with Gasteiger partial charge in [-0.2, -0.15) is 5.10 Å². The molecule has 1 aromatic heterocycles. The fourth-order valence-electron chi connectivity index (χ4n) is 2.92. The van der Waals surface area contributed by atoms with Crippen LogP contribution in [0.2, 0.25) is 0 Å². The van der Waals surface area contributed by atoms with Crippen molar-refractivity contribution < 1.29 is 4.79 Å². The van der Waals surface area contributed by atoms with Gasteiger partial charge in [-0.15, -0.1) is 0 Å². The number of aromatic nitrogens is 2. The molecule has 0 saturated carbocycles. The van der Waals surface area contributed by atoms with Crippen molar-refractivity contribution >= 4 is 11.7 Å². The second-order valence-corrected chi connectivity index (χ2v) is 6.10. The maximum Gasteiger partial charge on any atom is 0.231 e. The second kappa shape index (κ2) is 6.39. The first-order valence-corrected chi connectivity index (χ1v) is 7.65. The van der Waals surface area contributed by atoms with E-state index in [9.17, 15) is 4.79 Å². The molecule has 5 nitrogen and oxygen atoms in total. The van der Waals surface area contributed by atoms with Crippen LogP contribution < -0.4 is 10.6 Å². The van der Waals surface area contributed by atoms with Crippen LogP contribution in [-0.2, 0) is 4.79 Å². The summed E-state index contributed by atoms with van der Waals surface area (Å²) in [7, 11) is 0. The summed E-state index contributed by atoms with van der Waals surface area (Å²) in [6.45, 7) is 8.19. The molecule has 0 aromatic carbocycles. The van der Waals surface area contributed by atoms with Gasteiger partial charge in [0.1, 0.15) is 0 Å². The van der Waals surface area contributed by atoms with Crippen LogP contribution in [0.1, 0.15) is 58.1 Å². The molecule has 0 bridgehead atoms. The van der Waals surface area contributed by atoms with Crippen molar-refractivity contribution in [3.8, 4) is 0 Å². The van der Waals surface area contributed by atoms with Gasteiger partial charge in [-0.05, 0) is 38.3 Å². The van der Waals surface area contributed by atoms with Gasteiger partial charge in [0.15, 0.2) is 5.82 Å². The standard InChI is InChI=1S/C15H26N4O/c1-4-5-15(6-8-16-9-7-15)14(20)17-13-10-12(11(2)3)18-19-13/h10-11,16H,4-9H2,1-3H3,(H2,17,18,19,20). The molecule has 5 heteroatoms. The molecule has 1 aromatic rings. The second-order valence-electron chi connectivity index (χ2n) is 6.10. The van der Waals surface area contributed by atoms with Crippen LogP contribution in [-0.4, -0.2) is 29.2 Å². The van der Waals surface area contributed by atoms with Crippen molar-refractivity contribution in [2.45, 2.75) is 52.4 Å². The number of piperidine rings is 1. The van der Waals surface area contributed by atoms with E-state index in [0.717, 1.165) is 44.5 Å². The third kappa shape index (κ3) is 3.20. The summed E-state index contributed by atoms with van der Waals surface area (Å²) in [5.41, 5.74) is 0.826. The molecule has 0 atom stereocenters. The minimum atomic E-state index is -0.225. The van der Waals surface area contributed by atoms with Gasteiger partial charge in [0, 0.05) is 11.8 Å². The maximum absolute atomic E-state index is 12.7. The first-order chi connectivity index (χ1) is 9.57. The van der Waals surface area contributed by atoms with Gasteiger partial charge in [0.05, 0.1) is 5.41 Å². The van der Waals surface area contributed by atoms with Crippen LogP contribution in [0.15, 0.2) is 6.07 Å². The average molecular weight is 278 g/mol. The number of amides is 1. The number of H-pyrrole nitrogens is 1. The van der Waals surface area contributed by atoms with Crippen molar-refractivity contribution in [1.82, 2.24) is 15.5 Å². The number of rotatable bonds is 5. The van der Waals surface area contributed by atoms with E-state index in [4.69, 9.17) is 0 Å². The number of hydrogen-bond donors (Lipinski definition) is 3. The zero-order valence-electron chi connectivity index (χ0n) is 12.8. The molecule has 0 spiro atoms.